The molecule has 1 fully saturated rings. The number of unbranched alkanes of at least 4 members (excludes halogenated alkanes) is 3. The van der Waals surface area contributed by atoms with Gasteiger partial charge in [0.05, 0.1) is 12.2 Å². The third-order valence-electron chi connectivity index (χ3n) is 3.85. The molecule has 1 saturated heterocycles. The average Bonchev–Trinajstić information content (AvgIpc) is 2.58. The molecule has 0 aromatic heterocycles. The van der Waals surface area contributed by atoms with Gasteiger partial charge in [0, 0.05) is 13.2 Å². The fourth-order valence-electron chi connectivity index (χ4n) is 2.50. The Kier molecular flexibility index (Phi) is 7.90. The molecule has 1 N–H and O–H groups in total. The van der Waals surface area contributed by atoms with E-state index in [4.69, 9.17) is 19.3 Å². The van der Waals surface area contributed by atoms with Crippen molar-refractivity contribution >= 4 is 5.97 Å². The summed E-state index contributed by atoms with van der Waals surface area (Å²) in [4.78, 5) is 10.7. The van der Waals surface area contributed by atoms with Gasteiger partial charge in [0.1, 0.15) is 5.75 Å². The number of carbonyl (C=O) groups is 1. The maximum absolute atomic E-state index is 10.7. The molecule has 0 aliphatic carbocycles. The van der Waals surface area contributed by atoms with Crippen molar-refractivity contribution in [2.45, 2.75) is 51.2 Å². The van der Waals surface area contributed by atoms with E-state index in [9.17, 15) is 4.79 Å². The zero-order chi connectivity index (χ0) is 16.3. The zero-order valence-corrected chi connectivity index (χ0v) is 13.5. The molecule has 1 atom stereocenters. The molecule has 23 heavy (non-hydrogen) atoms. The van der Waals surface area contributed by atoms with Crippen LogP contribution in [0.3, 0.4) is 0 Å². The second kappa shape index (κ2) is 10.2. The fourth-order valence-corrected chi connectivity index (χ4v) is 2.50. The highest BCUT2D eigenvalue weighted by atomic mass is 16.7. The topological polar surface area (TPSA) is 65.0 Å². The van der Waals surface area contributed by atoms with Gasteiger partial charge >= 0.3 is 5.97 Å². The molecule has 0 radical (unpaired) electrons. The minimum Gasteiger partial charge on any atom is -0.494 e. The highest BCUT2D eigenvalue weighted by Gasteiger charge is 2.13. The van der Waals surface area contributed by atoms with Gasteiger partial charge < -0.3 is 19.3 Å². The first-order valence-corrected chi connectivity index (χ1v) is 8.45. The van der Waals surface area contributed by atoms with Gasteiger partial charge in [-0.25, -0.2) is 4.79 Å². The smallest absolute Gasteiger partial charge is 0.335 e. The second-order valence-electron chi connectivity index (χ2n) is 5.76. The van der Waals surface area contributed by atoms with Crippen LogP contribution >= 0.6 is 0 Å². The predicted octanol–water partition coefficient (Wildman–Crippen LogP) is 3.87. The van der Waals surface area contributed by atoms with Gasteiger partial charge in [-0.2, -0.15) is 0 Å². The Hall–Kier alpha value is -1.59. The first-order valence-electron chi connectivity index (χ1n) is 8.45. The van der Waals surface area contributed by atoms with Gasteiger partial charge in [-0.3, -0.25) is 0 Å². The largest absolute Gasteiger partial charge is 0.494 e. The van der Waals surface area contributed by atoms with Crippen LogP contribution in [-0.4, -0.2) is 37.2 Å². The third-order valence-corrected chi connectivity index (χ3v) is 3.85. The fraction of sp³-hybridized carbons (Fsp3) is 0.611. The maximum Gasteiger partial charge on any atom is 0.335 e. The molecule has 0 saturated carbocycles. The number of rotatable bonds is 10. The monoisotopic (exact) mass is 322 g/mol. The molecule has 0 amide bonds. The Morgan fingerprint density at radius 1 is 1.09 bits per heavy atom. The van der Waals surface area contributed by atoms with Crippen LogP contribution in [0, 0.1) is 0 Å². The summed E-state index contributed by atoms with van der Waals surface area (Å²) in [5.41, 5.74) is 0.277. The number of benzene rings is 1. The van der Waals surface area contributed by atoms with E-state index in [0.29, 0.717) is 12.4 Å². The number of aromatic carboxylic acids is 1. The highest BCUT2D eigenvalue weighted by molar-refractivity contribution is 5.87. The molecular weight excluding hydrogens is 296 g/mol. The number of carboxylic acids is 1. The Morgan fingerprint density at radius 3 is 2.48 bits per heavy atom. The van der Waals surface area contributed by atoms with E-state index in [0.717, 1.165) is 51.7 Å². The summed E-state index contributed by atoms with van der Waals surface area (Å²) >= 11 is 0. The molecule has 1 aromatic rings. The van der Waals surface area contributed by atoms with Crippen molar-refractivity contribution in [3.05, 3.63) is 29.8 Å². The van der Waals surface area contributed by atoms with Crippen LogP contribution in [0.5, 0.6) is 5.75 Å². The SMILES string of the molecule is O=C(O)c1ccc(OCCCCCCO[C@@H]2CCCCO2)cc1. The van der Waals surface area contributed by atoms with E-state index in [-0.39, 0.29) is 11.9 Å². The third kappa shape index (κ3) is 7.01. The zero-order valence-electron chi connectivity index (χ0n) is 13.5. The van der Waals surface area contributed by atoms with E-state index in [2.05, 4.69) is 0 Å². The van der Waals surface area contributed by atoms with Crippen LogP contribution in [0.25, 0.3) is 0 Å². The highest BCUT2D eigenvalue weighted by Crippen LogP contribution is 2.15. The summed E-state index contributed by atoms with van der Waals surface area (Å²) in [5.74, 6) is -0.204. The quantitative estimate of drug-likeness (QED) is 0.663. The van der Waals surface area contributed by atoms with Crippen LogP contribution in [-0.2, 0) is 9.47 Å². The number of carboxylic acid groups (broad SMARTS) is 1. The standard InChI is InChI=1S/C18H26O5/c19-18(20)15-8-10-16(11-9-15)21-12-4-1-2-5-13-22-17-7-3-6-14-23-17/h8-11,17H,1-7,12-14H2,(H,19,20)/t17-/m0/s1. The number of ether oxygens (including phenoxy) is 3. The van der Waals surface area contributed by atoms with Crippen molar-refractivity contribution in [1.82, 2.24) is 0 Å². The Morgan fingerprint density at radius 2 is 1.83 bits per heavy atom. The summed E-state index contributed by atoms with van der Waals surface area (Å²) in [7, 11) is 0. The minimum atomic E-state index is -0.919. The molecule has 5 heteroatoms. The predicted molar refractivity (Wildman–Crippen MR) is 86.9 cm³/mol. The Labute approximate surface area is 137 Å². The van der Waals surface area contributed by atoms with Crippen molar-refractivity contribution in [2.75, 3.05) is 19.8 Å². The van der Waals surface area contributed by atoms with Gasteiger partial charge in [-0.1, -0.05) is 6.42 Å². The molecule has 0 bridgehead atoms. The van der Waals surface area contributed by atoms with Crippen molar-refractivity contribution in [1.29, 1.82) is 0 Å². The van der Waals surface area contributed by atoms with Gasteiger partial charge in [-0.15, -0.1) is 0 Å². The van der Waals surface area contributed by atoms with E-state index in [1.165, 1.54) is 6.42 Å². The lowest BCUT2D eigenvalue weighted by molar-refractivity contribution is -0.162. The summed E-state index contributed by atoms with van der Waals surface area (Å²) in [5, 5.41) is 8.82. The van der Waals surface area contributed by atoms with Crippen molar-refractivity contribution in [3.63, 3.8) is 0 Å². The van der Waals surface area contributed by atoms with Gasteiger partial charge in [-0.05, 0) is 62.8 Å². The molecule has 128 valence electrons. The van der Waals surface area contributed by atoms with Crippen molar-refractivity contribution in [2.24, 2.45) is 0 Å². The van der Waals surface area contributed by atoms with Crippen LogP contribution in [0.1, 0.15) is 55.3 Å². The van der Waals surface area contributed by atoms with Gasteiger partial charge in [0.25, 0.3) is 0 Å². The summed E-state index contributed by atoms with van der Waals surface area (Å²) in [6, 6.07) is 6.51. The molecule has 1 aliphatic heterocycles. The van der Waals surface area contributed by atoms with Crippen LogP contribution < -0.4 is 4.74 Å². The lowest BCUT2D eigenvalue weighted by Gasteiger charge is -2.22. The maximum atomic E-state index is 10.7. The van der Waals surface area contributed by atoms with Crippen LogP contribution in [0.15, 0.2) is 24.3 Å². The van der Waals surface area contributed by atoms with Crippen molar-refractivity contribution < 1.29 is 24.1 Å². The van der Waals surface area contributed by atoms with Gasteiger partial charge in [0.15, 0.2) is 6.29 Å². The summed E-state index contributed by atoms with van der Waals surface area (Å²) in [6.07, 6.45) is 7.65. The second-order valence-corrected chi connectivity index (χ2v) is 5.76. The van der Waals surface area contributed by atoms with E-state index in [1.54, 1.807) is 24.3 Å². The molecule has 0 spiro atoms. The van der Waals surface area contributed by atoms with E-state index in [1.807, 2.05) is 0 Å². The average molecular weight is 322 g/mol. The molecule has 1 heterocycles. The molecule has 0 unspecified atom stereocenters. The first-order chi connectivity index (χ1) is 11.3. The summed E-state index contributed by atoms with van der Waals surface area (Å²) < 4.78 is 16.8. The first kappa shape index (κ1) is 17.8. The molecule has 2 rings (SSSR count). The number of hydrogen-bond acceptors (Lipinski definition) is 4. The van der Waals surface area contributed by atoms with Crippen molar-refractivity contribution in [3.8, 4) is 5.75 Å². The van der Waals surface area contributed by atoms with Crippen LogP contribution in [0.4, 0.5) is 0 Å². The lowest BCUT2D eigenvalue weighted by atomic mass is 10.2. The summed E-state index contributed by atoms with van der Waals surface area (Å²) in [6.45, 7) is 2.25. The van der Waals surface area contributed by atoms with Gasteiger partial charge in [0.2, 0.25) is 0 Å². The molecule has 5 nitrogen and oxygen atoms in total. The minimum absolute atomic E-state index is 0.0147. The lowest BCUT2D eigenvalue weighted by Crippen LogP contribution is -2.22. The molecule has 1 aliphatic rings. The van der Waals surface area contributed by atoms with E-state index >= 15 is 0 Å². The number of hydrogen-bond donors (Lipinski definition) is 1. The van der Waals surface area contributed by atoms with Crippen LogP contribution in [0.2, 0.25) is 0 Å². The Bertz CT molecular complexity index is 451. The normalized spacial score (nSPS) is 17.8. The molecular formula is C18H26O5. The molecule has 1 aromatic carbocycles. The van der Waals surface area contributed by atoms with E-state index < -0.39 is 5.97 Å². The Balaban J connectivity index is 1.45.